The molecule has 1 aliphatic carbocycles. The summed E-state index contributed by atoms with van der Waals surface area (Å²) in [4.78, 5) is 22.1. The lowest BCUT2D eigenvalue weighted by molar-refractivity contribution is -0.142. The molecule has 1 aromatic rings. The van der Waals surface area contributed by atoms with Crippen molar-refractivity contribution < 1.29 is 32.9 Å². The summed E-state index contributed by atoms with van der Waals surface area (Å²) < 4.78 is 42.0. The smallest absolute Gasteiger partial charge is 0.333 e. The second-order valence-corrected chi connectivity index (χ2v) is 7.63. The van der Waals surface area contributed by atoms with E-state index in [-0.39, 0.29) is 24.3 Å². The fourth-order valence-electron chi connectivity index (χ4n) is 2.56. The predicted molar refractivity (Wildman–Crippen MR) is 91.7 cm³/mol. The number of aliphatic carboxylic acids is 1. The molecule has 0 fully saturated rings. The Morgan fingerprint density at radius 3 is 2.72 bits per heavy atom. The second-order valence-electron chi connectivity index (χ2n) is 5.67. The number of esters is 1. The van der Waals surface area contributed by atoms with E-state index >= 15 is 0 Å². The fraction of sp³-hybridized carbons (Fsp3) is 0.375. The average molecular weight is 373 g/mol. The van der Waals surface area contributed by atoms with Crippen LogP contribution in [0.2, 0.25) is 0 Å². The normalized spacial score (nSPS) is 18.2. The summed E-state index contributed by atoms with van der Waals surface area (Å²) >= 11 is 0. The van der Waals surface area contributed by atoms with Crippen molar-refractivity contribution in [1.29, 1.82) is 0 Å². The Morgan fingerprint density at radius 1 is 1.40 bits per heavy atom. The molecule has 1 unspecified atom stereocenters. The lowest BCUT2D eigenvalue weighted by Crippen LogP contribution is -2.31. The summed E-state index contributed by atoms with van der Waals surface area (Å²) in [5, 5.41) is 8.20. The van der Waals surface area contributed by atoms with Gasteiger partial charge in [0.2, 0.25) is 0 Å². The highest BCUT2D eigenvalue weighted by Crippen LogP contribution is 2.51. The van der Waals surface area contributed by atoms with E-state index in [0.717, 1.165) is 6.07 Å². The maximum Gasteiger partial charge on any atom is 0.333 e. The van der Waals surface area contributed by atoms with E-state index in [0.29, 0.717) is 18.4 Å². The number of hydrogen-bond donors (Lipinski definition) is 4. The van der Waals surface area contributed by atoms with Gasteiger partial charge in [-0.15, -0.1) is 10.8 Å². The summed E-state index contributed by atoms with van der Waals surface area (Å²) in [6.45, 7) is 1.14. The van der Waals surface area contributed by atoms with Gasteiger partial charge in [-0.3, -0.25) is 18.6 Å². The van der Waals surface area contributed by atoms with Crippen LogP contribution in [0, 0.1) is 5.82 Å². The highest BCUT2D eigenvalue weighted by molar-refractivity contribution is 8.26. The van der Waals surface area contributed by atoms with E-state index < -0.39 is 33.8 Å². The third-order valence-corrected chi connectivity index (χ3v) is 5.56. The van der Waals surface area contributed by atoms with Gasteiger partial charge in [-0.05, 0) is 37.0 Å². The SMILES string of the molecule is CC(=O)OCc1ccc(NS(O)(O)C2CCCC=C2C(=O)O)c(F)c1. The zero-order valence-corrected chi connectivity index (χ0v) is 14.4. The van der Waals surface area contributed by atoms with Gasteiger partial charge in [-0.25, -0.2) is 9.18 Å². The number of halogens is 1. The molecule has 0 heterocycles. The highest BCUT2D eigenvalue weighted by Gasteiger charge is 2.34. The molecule has 0 bridgehead atoms. The van der Waals surface area contributed by atoms with Crippen LogP contribution in [0.4, 0.5) is 10.1 Å². The first-order valence-corrected chi connectivity index (χ1v) is 9.21. The second kappa shape index (κ2) is 7.85. The minimum Gasteiger partial charge on any atom is -0.478 e. The molecular formula is C16H20FNO6S. The molecule has 2 rings (SSSR count). The number of carbonyl (C=O) groups excluding carboxylic acids is 1. The van der Waals surface area contributed by atoms with Crippen molar-refractivity contribution in [3.63, 3.8) is 0 Å². The third-order valence-electron chi connectivity index (χ3n) is 3.76. The lowest BCUT2D eigenvalue weighted by atomic mass is 9.99. The van der Waals surface area contributed by atoms with Crippen LogP contribution in [0.15, 0.2) is 29.8 Å². The minimum absolute atomic E-state index is 0.0781. The van der Waals surface area contributed by atoms with E-state index in [2.05, 4.69) is 4.72 Å². The summed E-state index contributed by atoms with van der Waals surface area (Å²) in [6.07, 6.45) is 2.90. The molecule has 25 heavy (non-hydrogen) atoms. The maximum atomic E-state index is 14.2. The topological polar surface area (TPSA) is 116 Å². The van der Waals surface area contributed by atoms with Gasteiger partial charge in [0.1, 0.15) is 17.7 Å². The summed E-state index contributed by atoms with van der Waals surface area (Å²) in [7, 11) is -3.62. The Hall–Kier alpha value is -2.10. The maximum absolute atomic E-state index is 14.2. The van der Waals surface area contributed by atoms with Gasteiger partial charge in [0.25, 0.3) is 0 Å². The summed E-state index contributed by atoms with van der Waals surface area (Å²) in [5.74, 6) is -2.48. The van der Waals surface area contributed by atoms with Crippen molar-refractivity contribution in [3.05, 3.63) is 41.2 Å². The van der Waals surface area contributed by atoms with E-state index in [1.165, 1.54) is 25.1 Å². The number of rotatable bonds is 6. The van der Waals surface area contributed by atoms with E-state index in [9.17, 15) is 28.2 Å². The Morgan fingerprint density at radius 2 is 2.12 bits per heavy atom. The quantitative estimate of drug-likeness (QED) is 0.564. The van der Waals surface area contributed by atoms with Crippen LogP contribution in [0.5, 0.6) is 0 Å². The predicted octanol–water partition coefficient (Wildman–Crippen LogP) is 3.53. The molecule has 1 aromatic carbocycles. The largest absolute Gasteiger partial charge is 0.478 e. The van der Waals surface area contributed by atoms with Gasteiger partial charge < -0.3 is 9.84 Å². The number of carbonyl (C=O) groups is 2. The minimum atomic E-state index is -3.62. The van der Waals surface area contributed by atoms with E-state index in [4.69, 9.17) is 4.74 Å². The van der Waals surface area contributed by atoms with Gasteiger partial charge in [-0.2, -0.15) is 0 Å². The van der Waals surface area contributed by atoms with Crippen LogP contribution in [0.25, 0.3) is 0 Å². The number of benzene rings is 1. The Bertz CT molecular complexity index is 706. The number of allylic oxidation sites excluding steroid dienone is 1. The zero-order valence-electron chi connectivity index (χ0n) is 13.6. The molecule has 9 heteroatoms. The van der Waals surface area contributed by atoms with Crippen LogP contribution in [-0.4, -0.2) is 31.4 Å². The molecule has 0 radical (unpaired) electrons. The van der Waals surface area contributed by atoms with Gasteiger partial charge >= 0.3 is 11.9 Å². The number of hydrogen-bond acceptors (Lipinski definition) is 6. The Kier molecular flexibility index (Phi) is 6.04. The Balaban J connectivity index is 2.17. The van der Waals surface area contributed by atoms with Gasteiger partial charge in [-0.1, -0.05) is 12.1 Å². The standard InChI is InChI=1S/C16H20FNO6S/c1-10(19)24-9-11-6-7-14(13(17)8-11)18-25(22,23)15-5-3-2-4-12(15)16(20)21/h4,6-8,15,18,22-23H,2-3,5,9H2,1H3,(H,20,21). The number of carboxylic acid groups (broad SMARTS) is 1. The molecule has 0 saturated carbocycles. The van der Waals surface area contributed by atoms with Crippen LogP contribution >= 0.6 is 10.8 Å². The molecule has 4 N–H and O–H groups in total. The molecule has 0 saturated heterocycles. The van der Waals surface area contributed by atoms with Gasteiger partial charge in [0.15, 0.2) is 0 Å². The number of carboxylic acids is 1. The van der Waals surface area contributed by atoms with Crippen LogP contribution in [-0.2, 0) is 20.9 Å². The van der Waals surface area contributed by atoms with Crippen molar-refractivity contribution in [1.82, 2.24) is 0 Å². The monoisotopic (exact) mass is 373 g/mol. The van der Waals surface area contributed by atoms with E-state index in [1.54, 1.807) is 0 Å². The number of nitrogens with one attached hydrogen (secondary N) is 1. The Labute approximate surface area is 146 Å². The van der Waals surface area contributed by atoms with Crippen LogP contribution in [0.3, 0.4) is 0 Å². The van der Waals surface area contributed by atoms with Crippen molar-refractivity contribution in [3.8, 4) is 0 Å². The van der Waals surface area contributed by atoms with Crippen LogP contribution < -0.4 is 4.72 Å². The fourth-order valence-corrected chi connectivity index (χ4v) is 4.24. The van der Waals surface area contributed by atoms with E-state index in [1.807, 2.05) is 0 Å². The summed E-state index contributed by atoms with van der Waals surface area (Å²) in [6, 6.07) is 3.86. The number of anilines is 1. The summed E-state index contributed by atoms with van der Waals surface area (Å²) in [5.41, 5.74) is 0.158. The first-order chi connectivity index (χ1) is 11.7. The first-order valence-electron chi connectivity index (χ1n) is 7.60. The van der Waals surface area contributed by atoms with Crippen molar-refractivity contribution in [2.45, 2.75) is 38.0 Å². The average Bonchev–Trinajstić information content (AvgIpc) is 2.55. The first kappa shape index (κ1) is 19.2. The molecule has 1 atom stereocenters. The van der Waals surface area contributed by atoms with Crippen molar-refractivity contribution in [2.75, 3.05) is 4.72 Å². The number of ether oxygens (including phenoxy) is 1. The zero-order chi connectivity index (χ0) is 18.6. The molecule has 7 nitrogen and oxygen atoms in total. The highest BCUT2D eigenvalue weighted by atomic mass is 32.3. The van der Waals surface area contributed by atoms with Crippen molar-refractivity contribution >= 4 is 28.4 Å². The van der Waals surface area contributed by atoms with Crippen molar-refractivity contribution in [2.24, 2.45) is 0 Å². The lowest BCUT2D eigenvalue weighted by Gasteiger charge is -2.42. The van der Waals surface area contributed by atoms with Gasteiger partial charge in [0, 0.05) is 6.92 Å². The molecule has 0 aromatic heterocycles. The van der Waals surface area contributed by atoms with Crippen LogP contribution in [0.1, 0.15) is 31.7 Å². The molecule has 1 aliphatic rings. The molecule has 0 amide bonds. The molecule has 138 valence electrons. The molecular weight excluding hydrogens is 353 g/mol. The third kappa shape index (κ3) is 4.94. The molecule has 0 spiro atoms. The molecule has 0 aliphatic heterocycles. The van der Waals surface area contributed by atoms with Gasteiger partial charge in [0.05, 0.1) is 11.3 Å².